The van der Waals surface area contributed by atoms with E-state index in [2.05, 4.69) is 24.9 Å². The van der Waals surface area contributed by atoms with Crippen LogP contribution in [0.3, 0.4) is 0 Å². The number of rotatable bonds is 1. The summed E-state index contributed by atoms with van der Waals surface area (Å²) in [6, 6.07) is 0. The standard InChI is InChI=1S/C10H8N6/c1-2-11-7-16(5-1)10-14-6-8-9(15-10)13-4-3-12-8/h1-4,6-7H,5H2. The average molecular weight is 212 g/mol. The van der Waals surface area contributed by atoms with Crippen molar-refractivity contribution in [3.8, 4) is 0 Å². The molecule has 0 unspecified atom stereocenters. The summed E-state index contributed by atoms with van der Waals surface area (Å²) in [6.45, 7) is 0.718. The van der Waals surface area contributed by atoms with Gasteiger partial charge in [-0.25, -0.2) is 19.9 Å². The Balaban J connectivity index is 2.05. The molecular weight excluding hydrogens is 204 g/mol. The Kier molecular flexibility index (Phi) is 2.03. The molecule has 6 heteroatoms. The van der Waals surface area contributed by atoms with Crippen LogP contribution < -0.4 is 4.90 Å². The number of hydrogen-bond acceptors (Lipinski definition) is 6. The van der Waals surface area contributed by atoms with E-state index in [-0.39, 0.29) is 0 Å². The van der Waals surface area contributed by atoms with Crippen molar-refractivity contribution in [3.63, 3.8) is 0 Å². The van der Waals surface area contributed by atoms with E-state index in [4.69, 9.17) is 0 Å². The van der Waals surface area contributed by atoms with E-state index in [0.29, 0.717) is 17.1 Å². The van der Waals surface area contributed by atoms with E-state index in [1.807, 2.05) is 11.0 Å². The SMILES string of the molecule is C1=CN=CN(c2ncc3nccnc3n2)C1. The second-order valence-electron chi connectivity index (χ2n) is 3.24. The van der Waals surface area contributed by atoms with Crippen molar-refractivity contribution in [2.45, 2.75) is 0 Å². The molecule has 0 atom stereocenters. The average Bonchev–Trinajstić information content (AvgIpc) is 2.39. The van der Waals surface area contributed by atoms with Crippen LogP contribution in [0.25, 0.3) is 11.2 Å². The lowest BCUT2D eigenvalue weighted by Gasteiger charge is -2.16. The topological polar surface area (TPSA) is 67.2 Å². The van der Waals surface area contributed by atoms with Crippen molar-refractivity contribution in [2.75, 3.05) is 11.4 Å². The monoisotopic (exact) mass is 212 g/mol. The minimum atomic E-state index is 0.584. The van der Waals surface area contributed by atoms with Gasteiger partial charge in [0.2, 0.25) is 5.95 Å². The maximum Gasteiger partial charge on any atom is 0.233 e. The van der Waals surface area contributed by atoms with Crippen molar-refractivity contribution in [3.05, 3.63) is 30.9 Å². The number of aromatic nitrogens is 4. The molecule has 6 nitrogen and oxygen atoms in total. The highest BCUT2D eigenvalue weighted by molar-refractivity contribution is 5.79. The highest BCUT2D eigenvalue weighted by atomic mass is 15.3. The Hall–Kier alpha value is -2.37. The van der Waals surface area contributed by atoms with Gasteiger partial charge in [-0.2, -0.15) is 4.98 Å². The lowest BCUT2D eigenvalue weighted by atomic mass is 10.5. The number of hydrogen-bond donors (Lipinski definition) is 0. The Morgan fingerprint density at radius 1 is 1.12 bits per heavy atom. The third-order valence-corrected chi connectivity index (χ3v) is 2.17. The van der Waals surface area contributed by atoms with Crippen molar-refractivity contribution in [1.29, 1.82) is 0 Å². The maximum absolute atomic E-state index is 4.31. The summed E-state index contributed by atoms with van der Waals surface area (Å²) in [7, 11) is 0. The van der Waals surface area contributed by atoms with Gasteiger partial charge < -0.3 is 0 Å². The van der Waals surface area contributed by atoms with Crippen molar-refractivity contribution in [1.82, 2.24) is 19.9 Å². The molecule has 1 aliphatic rings. The first-order valence-corrected chi connectivity index (χ1v) is 4.82. The molecule has 16 heavy (non-hydrogen) atoms. The Morgan fingerprint density at radius 2 is 2.06 bits per heavy atom. The molecule has 0 aliphatic carbocycles. The first-order chi connectivity index (χ1) is 7.93. The summed E-state index contributed by atoms with van der Waals surface area (Å²) < 4.78 is 0. The van der Waals surface area contributed by atoms with Gasteiger partial charge in [-0.15, -0.1) is 0 Å². The maximum atomic E-state index is 4.31. The van der Waals surface area contributed by atoms with Gasteiger partial charge in [0.25, 0.3) is 0 Å². The summed E-state index contributed by atoms with van der Waals surface area (Å²) in [5.74, 6) is 0.584. The van der Waals surface area contributed by atoms with Crippen LogP contribution in [0.4, 0.5) is 5.95 Å². The molecule has 2 aromatic rings. The minimum absolute atomic E-state index is 0.584. The number of anilines is 1. The van der Waals surface area contributed by atoms with Crippen LogP contribution in [0.15, 0.2) is 35.9 Å². The molecule has 0 N–H and O–H groups in total. The zero-order chi connectivity index (χ0) is 10.8. The van der Waals surface area contributed by atoms with E-state index >= 15 is 0 Å². The molecule has 1 aliphatic heterocycles. The second-order valence-corrected chi connectivity index (χ2v) is 3.24. The van der Waals surface area contributed by atoms with E-state index in [0.717, 1.165) is 6.54 Å². The Morgan fingerprint density at radius 3 is 2.94 bits per heavy atom. The van der Waals surface area contributed by atoms with E-state index in [1.54, 1.807) is 31.1 Å². The summed E-state index contributed by atoms with van der Waals surface area (Å²) >= 11 is 0. The molecule has 0 saturated carbocycles. The fraction of sp³-hybridized carbons (Fsp3) is 0.100. The molecule has 0 amide bonds. The van der Waals surface area contributed by atoms with Gasteiger partial charge in [0, 0.05) is 25.1 Å². The van der Waals surface area contributed by atoms with Gasteiger partial charge in [-0.1, -0.05) is 0 Å². The summed E-state index contributed by atoms with van der Waals surface area (Å²) in [5.41, 5.74) is 1.28. The zero-order valence-corrected chi connectivity index (χ0v) is 8.35. The summed E-state index contributed by atoms with van der Waals surface area (Å²) in [4.78, 5) is 22.6. The summed E-state index contributed by atoms with van der Waals surface area (Å²) in [5, 5.41) is 0. The van der Waals surface area contributed by atoms with Crippen LogP contribution in [-0.2, 0) is 0 Å². The molecule has 0 saturated heterocycles. The quantitative estimate of drug-likeness (QED) is 0.698. The van der Waals surface area contributed by atoms with E-state index < -0.39 is 0 Å². The van der Waals surface area contributed by atoms with Crippen LogP contribution in [0.2, 0.25) is 0 Å². The van der Waals surface area contributed by atoms with Gasteiger partial charge in [-0.05, 0) is 6.08 Å². The van der Waals surface area contributed by atoms with Crippen LogP contribution in [0.5, 0.6) is 0 Å². The molecular formula is C10H8N6. The van der Waals surface area contributed by atoms with E-state index in [9.17, 15) is 0 Å². The molecule has 0 spiro atoms. The van der Waals surface area contributed by atoms with Gasteiger partial charge in [0.15, 0.2) is 5.65 Å². The number of aliphatic imine (C=N–C) groups is 1. The Labute approximate surface area is 91.4 Å². The van der Waals surface area contributed by atoms with Crippen LogP contribution in [0, 0.1) is 0 Å². The lowest BCUT2D eigenvalue weighted by molar-refractivity contribution is 1.02. The smallest absolute Gasteiger partial charge is 0.233 e. The lowest BCUT2D eigenvalue weighted by Crippen LogP contribution is -2.25. The van der Waals surface area contributed by atoms with Crippen molar-refractivity contribution >= 4 is 23.5 Å². The molecule has 78 valence electrons. The van der Waals surface area contributed by atoms with Crippen LogP contribution in [0.1, 0.15) is 0 Å². The molecule has 0 bridgehead atoms. The minimum Gasteiger partial charge on any atom is -0.297 e. The molecule has 0 fully saturated rings. The molecule has 3 heterocycles. The summed E-state index contributed by atoms with van der Waals surface area (Å²) in [6.07, 6.45) is 10.3. The Bertz CT molecular complexity index is 576. The van der Waals surface area contributed by atoms with Crippen molar-refractivity contribution in [2.24, 2.45) is 4.99 Å². The number of fused-ring (bicyclic) bond motifs is 1. The first kappa shape index (κ1) is 8.90. The molecule has 2 aromatic heterocycles. The van der Waals surface area contributed by atoms with Crippen molar-refractivity contribution < 1.29 is 0 Å². The largest absolute Gasteiger partial charge is 0.297 e. The van der Waals surface area contributed by atoms with Gasteiger partial charge >= 0.3 is 0 Å². The molecule has 3 rings (SSSR count). The third-order valence-electron chi connectivity index (χ3n) is 2.17. The predicted molar refractivity (Wildman–Crippen MR) is 60.1 cm³/mol. The highest BCUT2D eigenvalue weighted by Gasteiger charge is 2.08. The normalized spacial score (nSPS) is 14.6. The predicted octanol–water partition coefficient (Wildman–Crippen LogP) is 0.782. The van der Waals surface area contributed by atoms with E-state index in [1.165, 1.54) is 0 Å². The van der Waals surface area contributed by atoms with Gasteiger partial charge in [0.1, 0.15) is 5.52 Å². The first-order valence-electron chi connectivity index (χ1n) is 4.82. The zero-order valence-electron chi connectivity index (χ0n) is 8.35. The van der Waals surface area contributed by atoms with Crippen LogP contribution >= 0.6 is 0 Å². The fourth-order valence-corrected chi connectivity index (χ4v) is 1.42. The van der Waals surface area contributed by atoms with Crippen LogP contribution in [-0.4, -0.2) is 32.8 Å². The number of nitrogens with zero attached hydrogens (tertiary/aromatic N) is 6. The molecule has 0 radical (unpaired) electrons. The van der Waals surface area contributed by atoms with Gasteiger partial charge in [-0.3, -0.25) is 4.90 Å². The molecule has 0 aromatic carbocycles. The highest BCUT2D eigenvalue weighted by Crippen LogP contribution is 2.10. The van der Waals surface area contributed by atoms with Gasteiger partial charge in [0.05, 0.1) is 12.5 Å². The third kappa shape index (κ3) is 1.50. The second kappa shape index (κ2) is 3.65. The fourth-order valence-electron chi connectivity index (χ4n) is 1.42.